The highest BCUT2D eigenvalue weighted by Gasteiger charge is 2.37. The molecule has 0 spiro atoms. The number of hydrogen-bond acceptors (Lipinski definition) is 4. The summed E-state index contributed by atoms with van der Waals surface area (Å²) in [6.07, 6.45) is -1.73. The van der Waals surface area contributed by atoms with Crippen molar-refractivity contribution in [1.29, 1.82) is 0 Å². The highest BCUT2D eigenvalue weighted by Crippen LogP contribution is 2.29. The zero-order valence-electron chi connectivity index (χ0n) is 13.2. The second-order valence-corrected chi connectivity index (χ2v) is 6.16. The van der Waals surface area contributed by atoms with Crippen LogP contribution in [0.15, 0.2) is 71.4 Å². The number of rotatable bonds is 4. The van der Waals surface area contributed by atoms with E-state index in [4.69, 9.17) is 4.74 Å². The Bertz CT molecular complexity index is 803. The van der Waals surface area contributed by atoms with Gasteiger partial charge in [-0.2, -0.15) is 13.2 Å². The zero-order valence-corrected chi connectivity index (χ0v) is 14.1. The van der Waals surface area contributed by atoms with Gasteiger partial charge < -0.3 is 10.1 Å². The topological polar surface area (TPSA) is 33.6 Å². The fraction of sp³-hybridized carbons (Fsp3) is 0.167. The van der Waals surface area contributed by atoms with Crippen molar-refractivity contribution in [3.8, 4) is 11.5 Å². The van der Waals surface area contributed by atoms with Crippen LogP contribution in [0, 0.1) is 0 Å². The van der Waals surface area contributed by atoms with Crippen molar-refractivity contribution in [2.24, 2.45) is 4.99 Å². The molecule has 0 amide bonds. The number of ether oxygens (including phenoxy) is 1. The number of aliphatic imine (C=N–C) groups is 1. The van der Waals surface area contributed by atoms with Crippen molar-refractivity contribution in [2.45, 2.75) is 11.7 Å². The van der Waals surface area contributed by atoms with Gasteiger partial charge in [0.25, 0.3) is 0 Å². The first-order valence-corrected chi connectivity index (χ1v) is 8.74. The van der Waals surface area contributed by atoms with Gasteiger partial charge in [-0.15, -0.1) is 11.8 Å². The molecule has 0 saturated carbocycles. The number of allylic oxidation sites excluding steroid dienone is 2. The van der Waals surface area contributed by atoms with Gasteiger partial charge in [0.05, 0.1) is 5.71 Å². The van der Waals surface area contributed by atoms with E-state index < -0.39 is 17.4 Å². The number of nitrogens with zero attached hydrogens (tertiary/aromatic N) is 1. The summed E-state index contributed by atoms with van der Waals surface area (Å²) in [5.74, 6) is 1.19. The molecule has 0 bridgehead atoms. The van der Waals surface area contributed by atoms with Gasteiger partial charge >= 0.3 is 6.18 Å². The van der Waals surface area contributed by atoms with E-state index in [0.29, 0.717) is 17.1 Å². The van der Waals surface area contributed by atoms with Gasteiger partial charge in [-0.25, -0.2) is 4.99 Å². The van der Waals surface area contributed by atoms with E-state index in [1.54, 1.807) is 42.7 Å². The summed E-state index contributed by atoms with van der Waals surface area (Å²) in [7, 11) is 0. The maximum atomic E-state index is 13.1. The number of halogens is 3. The monoisotopic (exact) mass is 364 g/mol. The summed E-state index contributed by atoms with van der Waals surface area (Å²) in [4.78, 5) is 4.32. The first-order chi connectivity index (χ1) is 12.0. The van der Waals surface area contributed by atoms with Crippen molar-refractivity contribution in [3.05, 3.63) is 71.9 Å². The first-order valence-electron chi connectivity index (χ1n) is 7.45. The van der Waals surface area contributed by atoms with E-state index in [1.807, 2.05) is 18.2 Å². The van der Waals surface area contributed by atoms with Crippen molar-refractivity contribution in [1.82, 2.24) is 5.32 Å². The van der Waals surface area contributed by atoms with Crippen molar-refractivity contribution < 1.29 is 17.9 Å². The van der Waals surface area contributed by atoms with Gasteiger partial charge in [-0.05, 0) is 36.6 Å². The standard InChI is InChI=1S/C18H15F3N2OS/c1-25-17-22-15(11-16(23-17)18(19,20)21)12-6-5-9-14(10-12)24-13-7-3-2-4-8-13/h2-11,17,23H,1H3. The van der Waals surface area contributed by atoms with Gasteiger partial charge in [-0.1, -0.05) is 30.3 Å². The lowest BCUT2D eigenvalue weighted by atomic mass is 10.1. The van der Waals surface area contributed by atoms with Gasteiger partial charge in [0.2, 0.25) is 0 Å². The smallest absolute Gasteiger partial charge is 0.431 e. The third-order valence-corrected chi connectivity index (χ3v) is 4.12. The summed E-state index contributed by atoms with van der Waals surface area (Å²) in [5.41, 5.74) is -0.652. The molecule has 2 aromatic carbocycles. The van der Waals surface area contributed by atoms with Crippen LogP contribution in [0.5, 0.6) is 11.5 Å². The van der Waals surface area contributed by atoms with Crippen LogP contribution in [0.25, 0.3) is 0 Å². The van der Waals surface area contributed by atoms with E-state index in [1.165, 1.54) is 11.8 Å². The number of alkyl halides is 3. The summed E-state index contributed by atoms with van der Waals surface area (Å²) in [5, 5.41) is 2.38. The minimum atomic E-state index is -4.45. The van der Waals surface area contributed by atoms with Crippen LogP contribution >= 0.6 is 11.8 Å². The maximum absolute atomic E-state index is 13.1. The number of nitrogens with one attached hydrogen (secondary N) is 1. The van der Waals surface area contributed by atoms with Crippen LogP contribution in [-0.4, -0.2) is 23.6 Å². The molecule has 1 aliphatic rings. The van der Waals surface area contributed by atoms with Crippen LogP contribution in [-0.2, 0) is 0 Å². The SMILES string of the molecule is CSC1N=C(c2cccc(Oc3ccccc3)c2)C=C(C(F)(F)F)N1. The molecule has 0 aromatic heterocycles. The lowest BCUT2D eigenvalue weighted by Crippen LogP contribution is -2.36. The summed E-state index contributed by atoms with van der Waals surface area (Å²) < 4.78 is 45.0. The Hall–Kier alpha value is -2.41. The molecule has 3 rings (SSSR count). The van der Waals surface area contributed by atoms with Gasteiger partial charge in [0.15, 0.2) is 5.50 Å². The molecule has 2 aromatic rings. The molecule has 1 aliphatic heterocycles. The Morgan fingerprint density at radius 1 is 1.04 bits per heavy atom. The molecule has 1 unspecified atom stereocenters. The molecule has 3 nitrogen and oxygen atoms in total. The summed E-state index contributed by atoms with van der Waals surface area (Å²) >= 11 is 1.20. The van der Waals surface area contributed by atoms with Crippen LogP contribution < -0.4 is 10.1 Å². The fourth-order valence-corrected chi connectivity index (χ4v) is 2.75. The molecule has 0 radical (unpaired) electrons. The molecule has 7 heteroatoms. The zero-order chi connectivity index (χ0) is 17.9. The predicted octanol–water partition coefficient (Wildman–Crippen LogP) is 4.96. The number of thioether (sulfide) groups is 1. The van der Waals surface area contributed by atoms with E-state index in [0.717, 1.165) is 6.08 Å². The Morgan fingerprint density at radius 2 is 1.76 bits per heavy atom. The third-order valence-electron chi connectivity index (χ3n) is 3.45. The van der Waals surface area contributed by atoms with E-state index in [2.05, 4.69) is 10.3 Å². The predicted molar refractivity (Wildman–Crippen MR) is 94.1 cm³/mol. The molecule has 1 atom stereocenters. The normalized spacial score (nSPS) is 17.4. The summed E-state index contributed by atoms with van der Waals surface area (Å²) in [6.45, 7) is 0. The van der Waals surface area contributed by atoms with Gasteiger partial charge in [-0.3, -0.25) is 0 Å². The number of hydrogen-bond donors (Lipinski definition) is 1. The van der Waals surface area contributed by atoms with E-state index in [-0.39, 0.29) is 5.71 Å². The van der Waals surface area contributed by atoms with Gasteiger partial charge in [0, 0.05) is 5.56 Å². The van der Waals surface area contributed by atoms with Crippen LogP contribution in [0.1, 0.15) is 5.56 Å². The van der Waals surface area contributed by atoms with Gasteiger partial charge in [0.1, 0.15) is 17.2 Å². The Balaban J connectivity index is 1.91. The maximum Gasteiger partial charge on any atom is 0.431 e. The van der Waals surface area contributed by atoms with Crippen LogP contribution in [0.2, 0.25) is 0 Å². The second-order valence-electron chi connectivity index (χ2n) is 5.25. The van der Waals surface area contributed by atoms with E-state index >= 15 is 0 Å². The lowest BCUT2D eigenvalue weighted by molar-refractivity contribution is -0.0970. The third kappa shape index (κ3) is 4.36. The average Bonchev–Trinajstić information content (AvgIpc) is 2.61. The largest absolute Gasteiger partial charge is 0.457 e. The van der Waals surface area contributed by atoms with Crippen LogP contribution in [0.4, 0.5) is 13.2 Å². The Kier molecular flexibility index (Phi) is 5.03. The molecular formula is C18H15F3N2OS. The number of benzene rings is 2. The molecule has 1 heterocycles. The molecule has 130 valence electrons. The summed E-state index contributed by atoms with van der Waals surface area (Å²) in [6, 6.07) is 16.0. The lowest BCUT2D eigenvalue weighted by Gasteiger charge is -2.24. The van der Waals surface area contributed by atoms with Crippen LogP contribution in [0.3, 0.4) is 0 Å². The van der Waals surface area contributed by atoms with E-state index in [9.17, 15) is 13.2 Å². The van der Waals surface area contributed by atoms with Crippen molar-refractivity contribution in [2.75, 3.05) is 6.26 Å². The van der Waals surface area contributed by atoms with Crippen molar-refractivity contribution in [3.63, 3.8) is 0 Å². The molecular weight excluding hydrogens is 349 g/mol. The minimum Gasteiger partial charge on any atom is -0.457 e. The molecule has 0 fully saturated rings. The molecule has 0 saturated heterocycles. The molecule has 1 N–H and O–H groups in total. The number of para-hydroxylation sites is 1. The van der Waals surface area contributed by atoms with Crippen molar-refractivity contribution >= 4 is 17.5 Å². The highest BCUT2D eigenvalue weighted by atomic mass is 32.2. The second kappa shape index (κ2) is 7.23. The molecule has 0 aliphatic carbocycles. The molecule has 25 heavy (non-hydrogen) atoms. The Morgan fingerprint density at radius 3 is 2.44 bits per heavy atom. The highest BCUT2D eigenvalue weighted by molar-refractivity contribution is 7.99. The first kappa shape index (κ1) is 17.4. The Labute approximate surface area is 147 Å². The minimum absolute atomic E-state index is 0.268. The quantitative estimate of drug-likeness (QED) is 0.832. The average molecular weight is 364 g/mol. The fourth-order valence-electron chi connectivity index (χ4n) is 2.28.